The van der Waals surface area contributed by atoms with Crippen molar-refractivity contribution in [2.24, 2.45) is 0 Å². The average molecular weight is 246 g/mol. The maximum atomic E-state index is 5.82. The Labute approximate surface area is 102 Å². The lowest BCUT2D eigenvalue weighted by molar-refractivity contribution is -0.224. The third kappa shape index (κ3) is 2.98. The number of rotatable bonds is 4. The summed E-state index contributed by atoms with van der Waals surface area (Å²) < 4.78 is 28.0. The van der Waals surface area contributed by atoms with Gasteiger partial charge in [0.25, 0.3) is 0 Å². The molecule has 2 heterocycles. The predicted molar refractivity (Wildman–Crippen MR) is 60.6 cm³/mol. The summed E-state index contributed by atoms with van der Waals surface area (Å²) in [4.78, 5) is 0. The van der Waals surface area contributed by atoms with Crippen LogP contribution in [0.25, 0.3) is 0 Å². The lowest BCUT2D eigenvalue weighted by Crippen LogP contribution is -2.37. The van der Waals surface area contributed by atoms with Gasteiger partial charge < -0.3 is 23.7 Å². The minimum absolute atomic E-state index is 0.0178. The van der Waals surface area contributed by atoms with Crippen LogP contribution in [0.3, 0.4) is 0 Å². The van der Waals surface area contributed by atoms with Gasteiger partial charge in [-0.3, -0.25) is 0 Å². The normalized spacial score (nSPS) is 36.2. The van der Waals surface area contributed by atoms with Crippen molar-refractivity contribution >= 4 is 0 Å². The van der Waals surface area contributed by atoms with E-state index in [-0.39, 0.29) is 18.3 Å². The van der Waals surface area contributed by atoms with Crippen molar-refractivity contribution in [2.45, 2.75) is 57.6 Å². The molecule has 17 heavy (non-hydrogen) atoms. The predicted octanol–water partition coefficient (Wildman–Crippen LogP) is 1.30. The molecule has 0 N–H and O–H groups in total. The molecule has 0 bridgehead atoms. The first kappa shape index (κ1) is 13.2. The van der Waals surface area contributed by atoms with Crippen LogP contribution < -0.4 is 0 Å². The van der Waals surface area contributed by atoms with E-state index < -0.39 is 11.6 Å². The quantitative estimate of drug-likeness (QED) is 0.700. The molecule has 2 fully saturated rings. The molecule has 0 spiro atoms. The van der Waals surface area contributed by atoms with E-state index >= 15 is 0 Å². The molecule has 5 nitrogen and oxygen atoms in total. The number of ether oxygens (including phenoxy) is 5. The van der Waals surface area contributed by atoms with Gasteiger partial charge in [0.05, 0.1) is 13.2 Å². The summed E-state index contributed by atoms with van der Waals surface area (Å²) in [5.41, 5.74) is 0. The summed E-state index contributed by atoms with van der Waals surface area (Å²) >= 11 is 0. The summed E-state index contributed by atoms with van der Waals surface area (Å²) in [6.07, 6.45) is -0.113. The van der Waals surface area contributed by atoms with E-state index in [1.165, 1.54) is 0 Å². The molecule has 0 saturated carbocycles. The van der Waals surface area contributed by atoms with Gasteiger partial charge in [-0.15, -0.1) is 0 Å². The summed E-state index contributed by atoms with van der Waals surface area (Å²) in [5.74, 6) is -1.12. The van der Waals surface area contributed by atoms with E-state index in [1.807, 2.05) is 27.7 Å². The van der Waals surface area contributed by atoms with Crippen LogP contribution in [-0.2, 0) is 23.7 Å². The summed E-state index contributed by atoms with van der Waals surface area (Å²) in [6.45, 7) is 8.59. The smallest absolute Gasteiger partial charge is 0.164 e. The maximum Gasteiger partial charge on any atom is 0.164 e. The van der Waals surface area contributed by atoms with Crippen molar-refractivity contribution in [3.63, 3.8) is 0 Å². The van der Waals surface area contributed by atoms with Crippen LogP contribution in [0.4, 0.5) is 0 Å². The Balaban J connectivity index is 1.87. The van der Waals surface area contributed by atoms with Crippen molar-refractivity contribution in [2.75, 3.05) is 20.3 Å². The fourth-order valence-corrected chi connectivity index (χ4v) is 2.11. The molecule has 2 aliphatic heterocycles. The van der Waals surface area contributed by atoms with E-state index in [9.17, 15) is 0 Å². The van der Waals surface area contributed by atoms with E-state index in [4.69, 9.17) is 23.7 Å². The molecule has 0 aromatic heterocycles. The van der Waals surface area contributed by atoms with E-state index in [0.717, 1.165) is 0 Å². The van der Waals surface area contributed by atoms with Crippen LogP contribution in [0.5, 0.6) is 0 Å². The Morgan fingerprint density at radius 1 is 1.29 bits per heavy atom. The molecule has 2 saturated heterocycles. The van der Waals surface area contributed by atoms with Gasteiger partial charge in [0.1, 0.15) is 18.3 Å². The molecular formula is C12H22O5. The molecule has 0 aliphatic carbocycles. The van der Waals surface area contributed by atoms with Crippen molar-refractivity contribution in [1.82, 2.24) is 0 Å². The average Bonchev–Trinajstić information content (AvgIpc) is 2.71. The highest BCUT2D eigenvalue weighted by Gasteiger charge is 2.50. The first-order chi connectivity index (χ1) is 7.83. The van der Waals surface area contributed by atoms with Crippen LogP contribution in [0.2, 0.25) is 0 Å². The first-order valence-electron chi connectivity index (χ1n) is 5.99. The molecule has 2 rings (SSSR count). The Kier molecular flexibility index (Phi) is 3.49. The topological polar surface area (TPSA) is 46.2 Å². The molecule has 100 valence electrons. The summed E-state index contributed by atoms with van der Waals surface area (Å²) in [6, 6.07) is 0. The Morgan fingerprint density at radius 3 is 2.65 bits per heavy atom. The highest BCUT2D eigenvalue weighted by molar-refractivity contribution is 4.92. The van der Waals surface area contributed by atoms with Crippen molar-refractivity contribution < 1.29 is 23.7 Å². The van der Waals surface area contributed by atoms with Crippen molar-refractivity contribution in [1.29, 1.82) is 0 Å². The van der Waals surface area contributed by atoms with Crippen LogP contribution in [0.15, 0.2) is 0 Å². The number of fused-ring (bicyclic) bond motifs is 1. The van der Waals surface area contributed by atoms with Gasteiger partial charge in [0.15, 0.2) is 11.6 Å². The first-order valence-corrected chi connectivity index (χ1v) is 5.99. The van der Waals surface area contributed by atoms with Crippen LogP contribution in [0.1, 0.15) is 27.7 Å². The van der Waals surface area contributed by atoms with E-state index in [1.54, 1.807) is 7.11 Å². The standard InChI is InChI=1S/C12H22O5/c1-11(2,13-5)15-7-8-10-9(6-14-8)16-12(3,4)17-10/h8-10H,6-7H2,1-5H3/t8-,9-,10+/m1/s1. The SMILES string of the molecule is COC(C)(C)OC[C@H]1OC[C@H]2OC(C)(C)O[C@@H]12. The third-order valence-corrected chi connectivity index (χ3v) is 3.15. The minimum atomic E-state index is -0.601. The van der Waals surface area contributed by atoms with Gasteiger partial charge in [-0.25, -0.2) is 0 Å². The van der Waals surface area contributed by atoms with E-state index in [2.05, 4.69) is 0 Å². The summed E-state index contributed by atoms with van der Waals surface area (Å²) in [5, 5.41) is 0. The fraction of sp³-hybridized carbons (Fsp3) is 1.00. The van der Waals surface area contributed by atoms with Crippen LogP contribution >= 0.6 is 0 Å². The highest BCUT2D eigenvalue weighted by atomic mass is 16.8. The molecule has 0 aromatic rings. The number of methoxy groups -OCH3 is 1. The molecule has 0 amide bonds. The highest BCUT2D eigenvalue weighted by Crippen LogP contribution is 2.35. The molecule has 5 heteroatoms. The molecule has 0 aromatic carbocycles. The Bertz CT molecular complexity index is 276. The molecule has 3 atom stereocenters. The van der Waals surface area contributed by atoms with Crippen molar-refractivity contribution in [3.8, 4) is 0 Å². The largest absolute Gasteiger partial charge is 0.370 e. The summed E-state index contributed by atoms with van der Waals surface area (Å²) in [7, 11) is 1.62. The van der Waals surface area contributed by atoms with Gasteiger partial charge in [-0.1, -0.05) is 0 Å². The molecule has 0 unspecified atom stereocenters. The third-order valence-electron chi connectivity index (χ3n) is 3.15. The molecule has 0 radical (unpaired) electrons. The fourth-order valence-electron chi connectivity index (χ4n) is 2.11. The zero-order chi connectivity index (χ0) is 12.7. The van der Waals surface area contributed by atoms with Gasteiger partial charge in [-0.2, -0.15) is 0 Å². The Morgan fingerprint density at radius 2 is 2.00 bits per heavy atom. The zero-order valence-electron chi connectivity index (χ0n) is 11.2. The lowest BCUT2D eigenvalue weighted by Gasteiger charge is -2.27. The van der Waals surface area contributed by atoms with Gasteiger partial charge in [-0.05, 0) is 27.7 Å². The zero-order valence-corrected chi connectivity index (χ0v) is 11.2. The van der Waals surface area contributed by atoms with Gasteiger partial charge in [0.2, 0.25) is 0 Å². The van der Waals surface area contributed by atoms with Crippen molar-refractivity contribution in [3.05, 3.63) is 0 Å². The van der Waals surface area contributed by atoms with Crippen LogP contribution in [-0.4, -0.2) is 50.2 Å². The monoisotopic (exact) mass is 246 g/mol. The Hall–Kier alpha value is -0.200. The van der Waals surface area contributed by atoms with Gasteiger partial charge in [0, 0.05) is 7.11 Å². The second kappa shape index (κ2) is 4.48. The second-order valence-corrected chi connectivity index (χ2v) is 5.43. The van der Waals surface area contributed by atoms with Crippen LogP contribution in [0, 0.1) is 0 Å². The lowest BCUT2D eigenvalue weighted by atomic mass is 10.1. The minimum Gasteiger partial charge on any atom is -0.370 e. The number of hydrogen-bond donors (Lipinski definition) is 0. The molecule has 2 aliphatic rings. The second-order valence-electron chi connectivity index (χ2n) is 5.43. The maximum absolute atomic E-state index is 5.82. The molecular weight excluding hydrogens is 224 g/mol. The number of hydrogen-bond acceptors (Lipinski definition) is 5. The van der Waals surface area contributed by atoms with Gasteiger partial charge >= 0.3 is 0 Å². The van der Waals surface area contributed by atoms with E-state index in [0.29, 0.717) is 13.2 Å².